The van der Waals surface area contributed by atoms with Gasteiger partial charge >= 0.3 is 0 Å². The van der Waals surface area contributed by atoms with E-state index in [2.05, 4.69) is 12.0 Å². The Kier molecular flexibility index (Phi) is 3.75. The summed E-state index contributed by atoms with van der Waals surface area (Å²) in [7, 11) is 0.860. The van der Waals surface area contributed by atoms with Crippen LogP contribution < -0.4 is 10.6 Å². The van der Waals surface area contributed by atoms with Gasteiger partial charge in [-0.2, -0.15) is 5.10 Å². The van der Waals surface area contributed by atoms with Crippen LogP contribution in [0.2, 0.25) is 0 Å². The predicted molar refractivity (Wildman–Crippen MR) is 77.1 cm³/mol. The molecule has 1 aliphatic rings. The number of nitrogens with zero attached hydrogens (tertiary/aromatic N) is 3. The second-order valence-corrected chi connectivity index (χ2v) is 7.45. The molecule has 1 aromatic heterocycles. The molecule has 1 unspecified atom stereocenters. The van der Waals surface area contributed by atoms with Crippen molar-refractivity contribution < 1.29 is 8.42 Å². The van der Waals surface area contributed by atoms with Gasteiger partial charge in [0.05, 0.1) is 22.9 Å². The van der Waals surface area contributed by atoms with Gasteiger partial charge in [0, 0.05) is 20.1 Å². The first-order valence-electron chi connectivity index (χ1n) is 6.60. The van der Waals surface area contributed by atoms with Crippen molar-refractivity contribution in [1.29, 1.82) is 0 Å². The first kappa shape index (κ1) is 14.2. The molecule has 0 bridgehead atoms. The molecule has 0 saturated carbocycles. The van der Waals surface area contributed by atoms with Gasteiger partial charge in [0.25, 0.3) is 0 Å². The van der Waals surface area contributed by atoms with Crippen LogP contribution in [0.25, 0.3) is 0 Å². The molecule has 108 valence electrons. The lowest BCUT2D eigenvalue weighted by atomic mass is 10.2. The van der Waals surface area contributed by atoms with E-state index in [4.69, 9.17) is 5.73 Å². The molecule has 7 heteroatoms. The lowest BCUT2D eigenvalue weighted by Gasteiger charge is -2.25. The van der Waals surface area contributed by atoms with Crippen LogP contribution in [0.4, 0.5) is 11.5 Å². The zero-order valence-corrected chi connectivity index (χ0v) is 12.6. The Morgan fingerprint density at radius 2 is 2.21 bits per heavy atom. The molecular formula is C12H22N4O2S. The highest BCUT2D eigenvalue weighted by atomic mass is 32.2. The summed E-state index contributed by atoms with van der Waals surface area (Å²) in [5.74, 6) is 1.30. The van der Waals surface area contributed by atoms with Crippen LogP contribution in [0.3, 0.4) is 0 Å². The van der Waals surface area contributed by atoms with Crippen molar-refractivity contribution in [3.05, 3.63) is 5.69 Å². The van der Waals surface area contributed by atoms with Crippen molar-refractivity contribution in [3.63, 3.8) is 0 Å². The molecule has 2 N–H and O–H groups in total. The number of nitrogens with two attached hydrogens (primary N) is 1. The van der Waals surface area contributed by atoms with Crippen LogP contribution in [-0.2, 0) is 23.3 Å². The first-order chi connectivity index (χ1) is 8.85. The summed E-state index contributed by atoms with van der Waals surface area (Å²) >= 11 is 0. The smallest absolute Gasteiger partial charge is 0.152 e. The molecule has 1 atom stereocenters. The molecule has 6 nitrogen and oxygen atoms in total. The second kappa shape index (κ2) is 5.03. The zero-order valence-electron chi connectivity index (χ0n) is 11.8. The maximum atomic E-state index is 11.6. The third-order valence-corrected chi connectivity index (χ3v) is 5.46. The third kappa shape index (κ3) is 2.70. The summed E-state index contributed by atoms with van der Waals surface area (Å²) < 4.78 is 24.9. The number of sulfone groups is 1. The SMILES string of the molecule is CCCc1nn(C)c(N(C)C2CCS(=O)(=O)C2)c1N. The Hall–Kier alpha value is -1.24. The van der Waals surface area contributed by atoms with Crippen molar-refractivity contribution in [2.24, 2.45) is 7.05 Å². The fourth-order valence-electron chi connectivity index (χ4n) is 2.68. The fraction of sp³-hybridized carbons (Fsp3) is 0.750. The predicted octanol–water partition coefficient (Wildman–Crippen LogP) is 0.578. The molecule has 0 amide bonds. The molecule has 0 aliphatic carbocycles. The van der Waals surface area contributed by atoms with E-state index in [-0.39, 0.29) is 17.5 Å². The Morgan fingerprint density at radius 1 is 1.53 bits per heavy atom. The Balaban J connectivity index is 2.27. The lowest BCUT2D eigenvalue weighted by molar-refractivity contribution is 0.600. The van der Waals surface area contributed by atoms with Crippen molar-refractivity contribution >= 4 is 21.3 Å². The van der Waals surface area contributed by atoms with Gasteiger partial charge in [0.2, 0.25) is 0 Å². The van der Waals surface area contributed by atoms with E-state index in [1.54, 1.807) is 4.68 Å². The number of hydrogen-bond donors (Lipinski definition) is 1. The highest BCUT2D eigenvalue weighted by molar-refractivity contribution is 7.91. The van der Waals surface area contributed by atoms with Gasteiger partial charge in [-0.1, -0.05) is 13.3 Å². The zero-order chi connectivity index (χ0) is 14.2. The molecular weight excluding hydrogens is 264 g/mol. The molecule has 0 aromatic carbocycles. The van der Waals surface area contributed by atoms with E-state index in [0.29, 0.717) is 12.1 Å². The molecule has 2 heterocycles. The van der Waals surface area contributed by atoms with E-state index >= 15 is 0 Å². The Labute approximate surface area is 114 Å². The van der Waals surface area contributed by atoms with Crippen LogP contribution in [0.15, 0.2) is 0 Å². The topological polar surface area (TPSA) is 81.2 Å². The third-order valence-electron chi connectivity index (χ3n) is 3.71. The van der Waals surface area contributed by atoms with Crippen LogP contribution in [0.1, 0.15) is 25.5 Å². The number of nitrogen functional groups attached to an aromatic ring is 1. The van der Waals surface area contributed by atoms with Crippen molar-refractivity contribution in [2.45, 2.75) is 32.2 Å². The lowest BCUT2D eigenvalue weighted by Crippen LogP contribution is -2.34. The van der Waals surface area contributed by atoms with Gasteiger partial charge in [-0.15, -0.1) is 0 Å². The number of aryl methyl sites for hydroxylation is 2. The summed E-state index contributed by atoms with van der Waals surface area (Å²) in [6.07, 6.45) is 2.49. The molecule has 1 aliphatic heterocycles. The largest absolute Gasteiger partial charge is 0.394 e. The first-order valence-corrected chi connectivity index (χ1v) is 8.42. The average molecular weight is 286 g/mol. The quantitative estimate of drug-likeness (QED) is 0.875. The van der Waals surface area contributed by atoms with Crippen molar-refractivity contribution in [1.82, 2.24) is 9.78 Å². The molecule has 19 heavy (non-hydrogen) atoms. The van der Waals surface area contributed by atoms with E-state index in [1.807, 2.05) is 19.0 Å². The van der Waals surface area contributed by atoms with Crippen molar-refractivity contribution in [3.8, 4) is 0 Å². The summed E-state index contributed by atoms with van der Waals surface area (Å²) in [4.78, 5) is 1.96. The Morgan fingerprint density at radius 3 is 2.74 bits per heavy atom. The summed E-state index contributed by atoms with van der Waals surface area (Å²) in [6.45, 7) is 2.08. The Bertz CT molecular complexity index is 565. The number of anilines is 2. The highest BCUT2D eigenvalue weighted by Crippen LogP contribution is 2.30. The van der Waals surface area contributed by atoms with E-state index in [1.165, 1.54) is 0 Å². The molecule has 0 radical (unpaired) electrons. The molecule has 2 rings (SSSR count). The number of hydrogen-bond acceptors (Lipinski definition) is 5. The molecule has 1 aromatic rings. The van der Waals surface area contributed by atoms with Gasteiger partial charge in [-0.05, 0) is 12.8 Å². The summed E-state index contributed by atoms with van der Waals surface area (Å²) in [5, 5.41) is 4.43. The van der Waals surface area contributed by atoms with Crippen LogP contribution >= 0.6 is 0 Å². The molecule has 1 fully saturated rings. The van der Waals surface area contributed by atoms with Crippen LogP contribution in [-0.4, -0.2) is 42.8 Å². The van der Waals surface area contributed by atoms with Gasteiger partial charge in [-0.3, -0.25) is 4.68 Å². The molecule has 1 saturated heterocycles. The minimum atomic E-state index is -2.89. The van der Waals surface area contributed by atoms with Gasteiger partial charge in [0.15, 0.2) is 9.84 Å². The standard InChI is InChI=1S/C12H22N4O2S/c1-4-5-10-11(13)12(16(3)14-10)15(2)9-6-7-19(17,18)8-9/h9H,4-8,13H2,1-3H3. The maximum Gasteiger partial charge on any atom is 0.152 e. The van der Waals surface area contributed by atoms with Gasteiger partial charge < -0.3 is 10.6 Å². The van der Waals surface area contributed by atoms with Crippen LogP contribution in [0.5, 0.6) is 0 Å². The van der Waals surface area contributed by atoms with Gasteiger partial charge in [0.1, 0.15) is 5.82 Å². The van der Waals surface area contributed by atoms with Crippen LogP contribution in [0, 0.1) is 0 Å². The monoisotopic (exact) mass is 286 g/mol. The second-order valence-electron chi connectivity index (χ2n) is 5.23. The van der Waals surface area contributed by atoms with E-state index < -0.39 is 9.84 Å². The van der Waals surface area contributed by atoms with Gasteiger partial charge in [-0.25, -0.2) is 8.42 Å². The van der Waals surface area contributed by atoms with E-state index in [0.717, 1.165) is 24.4 Å². The number of rotatable bonds is 4. The summed E-state index contributed by atoms with van der Waals surface area (Å²) in [6, 6.07) is -0.00261. The highest BCUT2D eigenvalue weighted by Gasteiger charge is 2.33. The minimum Gasteiger partial charge on any atom is -0.394 e. The van der Waals surface area contributed by atoms with E-state index in [9.17, 15) is 8.42 Å². The molecule has 0 spiro atoms. The maximum absolute atomic E-state index is 11.6. The average Bonchev–Trinajstić information content (AvgIpc) is 2.80. The number of aromatic nitrogens is 2. The fourth-order valence-corrected chi connectivity index (χ4v) is 4.45. The minimum absolute atomic E-state index is 0.00261. The normalized spacial score (nSPS) is 21.7. The van der Waals surface area contributed by atoms with Crippen molar-refractivity contribution in [2.75, 3.05) is 29.2 Å². The summed E-state index contributed by atoms with van der Waals surface area (Å²) in [5.41, 5.74) is 7.72.